The van der Waals surface area contributed by atoms with Crippen LogP contribution in [-0.4, -0.2) is 19.5 Å². The summed E-state index contributed by atoms with van der Waals surface area (Å²) in [6.45, 7) is 3.88. The summed E-state index contributed by atoms with van der Waals surface area (Å²) in [6.07, 6.45) is 14.0. The second-order valence-electron chi connectivity index (χ2n) is 11.8. The van der Waals surface area contributed by atoms with E-state index in [0.29, 0.717) is 17.6 Å². The standard InChI is InChI=1S/C39H30N4O2/c1-2-3-10-24-19-20-32-25(23-24)21-22-43(32)39-41-37(30-15-8-13-28-26-11-4-6-17-33(26)44-35(28)30)40-38(42-39)31-16-9-14-29-27-12-5-7-18-34(27)45-36(29)31/h2,4-7,11-12,15-23H,1,3,8-10,13-14H2. The molecule has 0 atom stereocenters. The highest BCUT2D eigenvalue weighted by Crippen LogP contribution is 2.40. The fourth-order valence-electron chi connectivity index (χ4n) is 6.93. The summed E-state index contributed by atoms with van der Waals surface area (Å²) in [5, 5.41) is 3.45. The summed E-state index contributed by atoms with van der Waals surface area (Å²) in [4.78, 5) is 15.4. The molecule has 0 saturated carbocycles. The highest BCUT2D eigenvalue weighted by Gasteiger charge is 2.28. The summed E-state index contributed by atoms with van der Waals surface area (Å²) in [5.41, 5.74) is 8.33. The van der Waals surface area contributed by atoms with Crippen LogP contribution in [0.25, 0.3) is 49.9 Å². The van der Waals surface area contributed by atoms with E-state index < -0.39 is 0 Å². The normalized spacial score (nSPS) is 14.4. The molecule has 0 bridgehead atoms. The van der Waals surface area contributed by atoms with Gasteiger partial charge in [-0.15, -0.1) is 6.58 Å². The van der Waals surface area contributed by atoms with E-state index in [1.165, 1.54) is 16.7 Å². The summed E-state index contributed by atoms with van der Waals surface area (Å²) < 4.78 is 15.0. The number of benzene rings is 3. The van der Waals surface area contributed by atoms with Gasteiger partial charge in [-0.1, -0.05) is 60.7 Å². The predicted octanol–water partition coefficient (Wildman–Crippen LogP) is 9.18. The second kappa shape index (κ2) is 10.3. The fourth-order valence-corrected chi connectivity index (χ4v) is 6.93. The Balaban J connectivity index is 1.24. The highest BCUT2D eigenvalue weighted by atomic mass is 16.3. The quantitative estimate of drug-likeness (QED) is 0.182. The molecule has 0 amide bonds. The van der Waals surface area contributed by atoms with Gasteiger partial charge in [0.1, 0.15) is 22.7 Å². The zero-order chi connectivity index (χ0) is 29.9. The minimum atomic E-state index is 0.567. The van der Waals surface area contributed by atoms with E-state index in [1.54, 1.807) is 0 Å². The molecule has 6 nitrogen and oxygen atoms in total. The van der Waals surface area contributed by atoms with Gasteiger partial charge in [0, 0.05) is 33.5 Å². The Bertz CT molecular complexity index is 2250. The fraction of sp³-hybridized carbons (Fsp3) is 0.154. The first-order valence-electron chi connectivity index (χ1n) is 15.6. The third kappa shape index (κ3) is 4.20. The Kier molecular flexibility index (Phi) is 5.94. The van der Waals surface area contributed by atoms with Gasteiger partial charge >= 0.3 is 0 Å². The van der Waals surface area contributed by atoms with Crippen molar-refractivity contribution in [2.75, 3.05) is 0 Å². The molecule has 0 unspecified atom stereocenters. The number of furan rings is 2. The molecule has 4 heterocycles. The molecule has 7 aromatic rings. The monoisotopic (exact) mass is 586 g/mol. The van der Waals surface area contributed by atoms with Crippen LogP contribution >= 0.6 is 0 Å². The van der Waals surface area contributed by atoms with Crippen LogP contribution in [0.1, 0.15) is 59.1 Å². The molecular weight excluding hydrogens is 556 g/mol. The lowest BCUT2D eigenvalue weighted by Gasteiger charge is -2.16. The number of nitrogens with zero attached hydrogens (tertiary/aromatic N) is 4. The van der Waals surface area contributed by atoms with Crippen LogP contribution in [0, 0.1) is 0 Å². The molecule has 218 valence electrons. The molecule has 2 aliphatic carbocycles. The van der Waals surface area contributed by atoms with Crippen LogP contribution < -0.4 is 0 Å². The summed E-state index contributed by atoms with van der Waals surface area (Å²) in [5.74, 6) is 3.46. The first-order chi connectivity index (χ1) is 22.2. The zero-order valence-corrected chi connectivity index (χ0v) is 24.8. The van der Waals surface area contributed by atoms with Crippen molar-refractivity contribution in [1.29, 1.82) is 0 Å². The van der Waals surface area contributed by atoms with E-state index in [2.05, 4.69) is 78.0 Å². The van der Waals surface area contributed by atoms with Gasteiger partial charge in [-0.3, -0.25) is 4.57 Å². The van der Waals surface area contributed by atoms with Gasteiger partial charge in [-0.25, -0.2) is 4.98 Å². The number of hydrogen-bond acceptors (Lipinski definition) is 5. The van der Waals surface area contributed by atoms with E-state index in [4.69, 9.17) is 23.8 Å². The minimum Gasteiger partial charge on any atom is -0.456 e. The van der Waals surface area contributed by atoms with E-state index in [9.17, 15) is 0 Å². The first kappa shape index (κ1) is 26.0. The van der Waals surface area contributed by atoms with Gasteiger partial charge in [-0.05, 0) is 74.4 Å². The molecule has 0 radical (unpaired) electrons. The first-order valence-corrected chi connectivity index (χ1v) is 15.6. The Morgan fingerprint density at radius 2 is 1.36 bits per heavy atom. The van der Waals surface area contributed by atoms with Crippen molar-refractivity contribution < 1.29 is 8.83 Å². The number of rotatable bonds is 6. The molecule has 0 fully saturated rings. The van der Waals surface area contributed by atoms with Gasteiger partial charge < -0.3 is 8.83 Å². The Morgan fingerprint density at radius 1 is 0.733 bits per heavy atom. The van der Waals surface area contributed by atoms with E-state index in [-0.39, 0.29) is 0 Å². The number of para-hydroxylation sites is 2. The topological polar surface area (TPSA) is 69.9 Å². The smallest absolute Gasteiger partial charge is 0.238 e. The SMILES string of the molecule is C=CCCc1ccc2c(ccn2-c2nc(C3=CCCc4c3oc3ccccc43)nc(C3=CCCc4c3oc3ccccc43)n2)c1. The summed E-state index contributed by atoms with van der Waals surface area (Å²) >= 11 is 0. The van der Waals surface area contributed by atoms with Crippen LogP contribution in [0.3, 0.4) is 0 Å². The number of fused-ring (bicyclic) bond motifs is 7. The van der Waals surface area contributed by atoms with Crippen molar-refractivity contribution in [1.82, 2.24) is 19.5 Å². The van der Waals surface area contributed by atoms with Gasteiger partial charge in [0.05, 0.1) is 16.7 Å². The maximum Gasteiger partial charge on any atom is 0.238 e. The Hall–Kier alpha value is -5.49. The number of aryl methyl sites for hydroxylation is 3. The number of hydrogen-bond donors (Lipinski definition) is 0. The zero-order valence-electron chi connectivity index (χ0n) is 24.8. The number of allylic oxidation sites excluding steroid dienone is 3. The van der Waals surface area contributed by atoms with Gasteiger partial charge in [0.25, 0.3) is 0 Å². The summed E-state index contributed by atoms with van der Waals surface area (Å²) in [6, 6.07) is 25.2. The van der Waals surface area contributed by atoms with E-state index >= 15 is 0 Å². The number of aromatic nitrogens is 4. The maximum absolute atomic E-state index is 6.47. The molecule has 3 aromatic carbocycles. The molecule has 6 heteroatoms. The third-order valence-corrected chi connectivity index (χ3v) is 9.08. The van der Waals surface area contributed by atoms with E-state index in [0.717, 1.165) is 94.0 Å². The van der Waals surface area contributed by atoms with Crippen molar-refractivity contribution in [3.05, 3.63) is 144 Å². The van der Waals surface area contributed by atoms with Crippen molar-refractivity contribution in [3.8, 4) is 5.95 Å². The lowest BCUT2D eigenvalue weighted by Crippen LogP contribution is -2.12. The van der Waals surface area contributed by atoms with Crippen LogP contribution in [0.2, 0.25) is 0 Å². The van der Waals surface area contributed by atoms with Crippen molar-refractivity contribution in [3.63, 3.8) is 0 Å². The molecule has 0 spiro atoms. The largest absolute Gasteiger partial charge is 0.456 e. The Morgan fingerprint density at radius 3 is 1.98 bits per heavy atom. The van der Waals surface area contributed by atoms with Crippen LogP contribution in [0.15, 0.2) is 113 Å². The summed E-state index contributed by atoms with van der Waals surface area (Å²) in [7, 11) is 0. The minimum absolute atomic E-state index is 0.567. The van der Waals surface area contributed by atoms with Crippen LogP contribution in [0.4, 0.5) is 0 Å². The lowest BCUT2D eigenvalue weighted by molar-refractivity contribution is 0.588. The molecule has 0 aliphatic heterocycles. The molecule has 45 heavy (non-hydrogen) atoms. The van der Waals surface area contributed by atoms with Crippen molar-refractivity contribution >= 4 is 44.0 Å². The van der Waals surface area contributed by atoms with E-state index in [1.807, 2.05) is 30.3 Å². The predicted molar refractivity (Wildman–Crippen MR) is 178 cm³/mol. The molecule has 0 saturated heterocycles. The van der Waals surface area contributed by atoms with Gasteiger partial charge in [-0.2, -0.15) is 9.97 Å². The molecule has 4 aromatic heterocycles. The highest BCUT2D eigenvalue weighted by molar-refractivity contribution is 5.92. The van der Waals surface area contributed by atoms with Gasteiger partial charge in [0.2, 0.25) is 5.95 Å². The average Bonchev–Trinajstić information content (AvgIpc) is 3.80. The Labute approximate surface area is 260 Å². The van der Waals surface area contributed by atoms with Crippen LogP contribution in [0.5, 0.6) is 0 Å². The lowest BCUT2D eigenvalue weighted by atomic mass is 9.94. The molecule has 9 rings (SSSR count). The molecule has 2 aliphatic rings. The van der Waals surface area contributed by atoms with Crippen LogP contribution in [-0.2, 0) is 19.3 Å². The van der Waals surface area contributed by atoms with Gasteiger partial charge in [0.15, 0.2) is 11.6 Å². The second-order valence-corrected chi connectivity index (χ2v) is 11.8. The third-order valence-electron chi connectivity index (χ3n) is 9.08. The van der Waals surface area contributed by atoms with Crippen molar-refractivity contribution in [2.45, 2.75) is 38.5 Å². The molecular formula is C39H30N4O2. The average molecular weight is 587 g/mol. The maximum atomic E-state index is 6.47. The molecule has 0 N–H and O–H groups in total. The van der Waals surface area contributed by atoms with Crippen molar-refractivity contribution in [2.24, 2.45) is 0 Å².